The zero-order chi connectivity index (χ0) is 29.4. The highest BCUT2D eigenvalue weighted by molar-refractivity contribution is 8.00. The molecule has 40 heavy (non-hydrogen) atoms. The molecule has 214 valence electrons. The van der Waals surface area contributed by atoms with Crippen molar-refractivity contribution in [3.8, 4) is 5.75 Å². The van der Waals surface area contributed by atoms with E-state index in [9.17, 15) is 43.8 Å². The van der Waals surface area contributed by atoms with E-state index in [-0.39, 0.29) is 42.0 Å². The fourth-order valence-electron chi connectivity index (χ4n) is 3.95. The van der Waals surface area contributed by atoms with Crippen molar-refractivity contribution in [3.05, 3.63) is 41.6 Å². The standard InChI is InChI=1S/C25H27N3O11S/c1-13(29)10-18(31)38-11-14-12-40-22-19(21(32)28(22)20(14)24(35)36)27-17(30)9-5-8-16(23(33)34)26-25(37)39-15-6-3-2-4-7-15/h2-4,6-7,16,19,22H,5,8-12H2,1H3,(H,26,37)(H,27,30)(H,33,34)(H,35,36)/t16-,19-,22-/m1/s1. The number of nitrogens with one attached hydrogen (secondary N) is 2. The van der Waals surface area contributed by atoms with E-state index >= 15 is 0 Å². The van der Waals surface area contributed by atoms with Crippen LogP contribution in [0.1, 0.15) is 32.6 Å². The van der Waals surface area contributed by atoms with Gasteiger partial charge in [0.05, 0.1) is 0 Å². The third-order valence-electron chi connectivity index (χ3n) is 5.81. The molecule has 1 fully saturated rings. The molecule has 0 aromatic heterocycles. The lowest BCUT2D eigenvalue weighted by Gasteiger charge is -2.49. The first-order valence-corrected chi connectivity index (χ1v) is 13.1. The van der Waals surface area contributed by atoms with Gasteiger partial charge in [0.25, 0.3) is 5.91 Å². The van der Waals surface area contributed by atoms with Gasteiger partial charge in [-0.2, -0.15) is 0 Å². The zero-order valence-electron chi connectivity index (χ0n) is 21.3. The van der Waals surface area contributed by atoms with Crippen LogP contribution in [-0.2, 0) is 33.5 Å². The van der Waals surface area contributed by atoms with Gasteiger partial charge in [0.2, 0.25) is 5.91 Å². The number of fused-ring (bicyclic) bond motifs is 1. The van der Waals surface area contributed by atoms with Crippen LogP contribution >= 0.6 is 11.8 Å². The number of hydrogen-bond acceptors (Lipinski definition) is 10. The largest absolute Gasteiger partial charge is 0.480 e. The number of rotatable bonds is 13. The molecule has 0 unspecified atom stereocenters. The summed E-state index contributed by atoms with van der Waals surface area (Å²) >= 11 is 1.17. The monoisotopic (exact) mass is 577 g/mol. The van der Waals surface area contributed by atoms with Gasteiger partial charge in [-0.05, 0) is 31.9 Å². The Morgan fingerprint density at radius 2 is 1.82 bits per heavy atom. The second kappa shape index (κ2) is 13.6. The van der Waals surface area contributed by atoms with E-state index < -0.39 is 72.1 Å². The van der Waals surface area contributed by atoms with Crippen LogP contribution in [0, 0.1) is 0 Å². The van der Waals surface area contributed by atoms with Crippen molar-refractivity contribution in [2.24, 2.45) is 0 Å². The summed E-state index contributed by atoms with van der Waals surface area (Å²) in [5.41, 5.74) is -0.158. The summed E-state index contributed by atoms with van der Waals surface area (Å²) in [7, 11) is 0. The molecule has 0 radical (unpaired) electrons. The van der Waals surface area contributed by atoms with E-state index in [0.29, 0.717) is 0 Å². The normalized spacial score (nSPS) is 18.5. The Bertz CT molecular complexity index is 1230. The van der Waals surface area contributed by atoms with Crippen LogP contribution in [0.25, 0.3) is 0 Å². The number of thioether (sulfide) groups is 1. The predicted molar refractivity (Wildman–Crippen MR) is 137 cm³/mol. The minimum absolute atomic E-state index is 0.0624. The SMILES string of the molecule is CC(=O)CC(=O)OCC1=C(C(=O)O)N2C(=O)[C@@H](NC(=O)CCC[C@@H](NC(=O)Oc3ccccc3)C(=O)O)[C@H]2SC1. The van der Waals surface area contributed by atoms with Gasteiger partial charge in [0.1, 0.15) is 47.7 Å². The third-order valence-corrected chi connectivity index (χ3v) is 7.15. The number of aliphatic carboxylic acids is 2. The Morgan fingerprint density at radius 3 is 2.45 bits per heavy atom. The number of carboxylic acids is 2. The summed E-state index contributed by atoms with van der Waals surface area (Å²) in [5.74, 6) is -4.82. The summed E-state index contributed by atoms with van der Waals surface area (Å²) < 4.78 is 9.98. The first-order chi connectivity index (χ1) is 19.0. The lowest BCUT2D eigenvalue weighted by Crippen LogP contribution is -2.70. The van der Waals surface area contributed by atoms with Gasteiger partial charge in [-0.25, -0.2) is 14.4 Å². The van der Waals surface area contributed by atoms with Crippen molar-refractivity contribution in [1.82, 2.24) is 15.5 Å². The highest BCUT2D eigenvalue weighted by atomic mass is 32.2. The average Bonchev–Trinajstić information content (AvgIpc) is 2.89. The maximum absolute atomic E-state index is 12.7. The number of nitrogens with zero attached hydrogens (tertiary/aromatic N) is 1. The first-order valence-electron chi connectivity index (χ1n) is 12.1. The van der Waals surface area contributed by atoms with Gasteiger partial charge >= 0.3 is 24.0 Å². The van der Waals surface area contributed by atoms with Crippen molar-refractivity contribution in [2.75, 3.05) is 12.4 Å². The number of ether oxygens (including phenoxy) is 2. The lowest BCUT2D eigenvalue weighted by molar-refractivity contribution is -0.151. The predicted octanol–water partition coefficient (Wildman–Crippen LogP) is 0.659. The van der Waals surface area contributed by atoms with Crippen LogP contribution < -0.4 is 15.4 Å². The molecule has 3 rings (SSSR count). The van der Waals surface area contributed by atoms with Gasteiger partial charge in [0.15, 0.2) is 0 Å². The molecule has 15 heteroatoms. The molecule has 3 atom stereocenters. The lowest BCUT2D eigenvalue weighted by atomic mass is 10.0. The number of ketones is 1. The molecule has 0 bridgehead atoms. The molecule has 4 N–H and O–H groups in total. The minimum Gasteiger partial charge on any atom is -0.480 e. The van der Waals surface area contributed by atoms with Gasteiger partial charge in [-0.1, -0.05) is 18.2 Å². The zero-order valence-corrected chi connectivity index (χ0v) is 22.1. The van der Waals surface area contributed by atoms with E-state index in [1.165, 1.54) is 30.8 Å². The van der Waals surface area contributed by atoms with Gasteiger partial charge in [-0.15, -0.1) is 11.8 Å². The van der Waals surface area contributed by atoms with Gasteiger partial charge in [0, 0.05) is 17.7 Å². The molecule has 1 aromatic rings. The molecule has 0 aliphatic carbocycles. The van der Waals surface area contributed by atoms with Crippen molar-refractivity contribution in [1.29, 1.82) is 0 Å². The molecule has 2 aliphatic rings. The van der Waals surface area contributed by atoms with Gasteiger partial charge in [-0.3, -0.25) is 24.1 Å². The van der Waals surface area contributed by atoms with E-state index in [0.717, 1.165) is 4.90 Å². The van der Waals surface area contributed by atoms with Crippen molar-refractivity contribution >= 4 is 53.4 Å². The van der Waals surface area contributed by atoms with Crippen LogP contribution in [0.5, 0.6) is 5.75 Å². The van der Waals surface area contributed by atoms with Crippen LogP contribution in [0.3, 0.4) is 0 Å². The molecular weight excluding hydrogens is 550 g/mol. The van der Waals surface area contributed by atoms with Crippen LogP contribution in [-0.4, -0.2) is 86.5 Å². The van der Waals surface area contributed by atoms with E-state index in [1.807, 2.05) is 0 Å². The fraction of sp³-hybridized carbons (Fsp3) is 0.400. The van der Waals surface area contributed by atoms with Crippen molar-refractivity contribution in [2.45, 2.75) is 50.1 Å². The second-order valence-corrected chi connectivity index (χ2v) is 9.99. The summed E-state index contributed by atoms with van der Waals surface area (Å²) in [5, 5.41) is 23.1. The molecule has 0 saturated carbocycles. The number of hydrogen-bond donors (Lipinski definition) is 4. The number of amides is 3. The number of para-hydroxylation sites is 1. The van der Waals surface area contributed by atoms with E-state index in [2.05, 4.69) is 10.6 Å². The van der Waals surface area contributed by atoms with E-state index in [4.69, 9.17) is 9.47 Å². The number of β-lactam (4-membered cyclic amide) rings is 1. The smallest absolute Gasteiger partial charge is 0.413 e. The molecule has 2 heterocycles. The molecule has 3 amide bonds. The molecule has 1 aromatic carbocycles. The third kappa shape index (κ3) is 7.81. The quantitative estimate of drug-likeness (QED) is 0.145. The summed E-state index contributed by atoms with van der Waals surface area (Å²) in [6, 6.07) is 5.73. The Kier molecular flexibility index (Phi) is 10.2. The van der Waals surface area contributed by atoms with Crippen molar-refractivity contribution in [3.63, 3.8) is 0 Å². The number of Topliss-reactive ketones (excluding diaryl/α,β-unsaturated/α-hetero) is 1. The number of carbonyl (C=O) groups is 7. The summed E-state index contributed by atoms with van der Waals surface area (Å²) in [6.07, 6.45) is -1.60. The van der Waals surface area contributed by atoms with Crippen LogP contribution in [0.15, 0.2) is 41.6 Å². The molecular formula is C25H27N3O11S. The fourth-order valence-corrected chi connectivity index (χ4v) is 5.28. The minimum atomic E-state index is -1.40. The topological polar surface area (TPSA) is 206 Å². The van der Waals surface area contributed by atoms with Crippen LogP contribution in [0.2, 0.25) is 0 Å². The average molecular weight is 578 g/mol. The molecule has 2 aliphatic heterocycles. The Labute approximate surface area is 232 Å². The summed E-state index contributed by atoms with van der Waals surface area (Å²) in [6.45, 7) is 0.813. The molecule has 1 saturated heterocycles. The molecule has 14 nitrogen and oxygen atoms in total. The van der Waals surface area contributed by atoms with E-state index in [1.54, 1.807) is 18.2 Å². The Morgan fingerprint density at radius 1 is 1.12 bits per heavy atom. The molecule has 0 spiro atoms. The summed E-state index contributed by atoms with van der Waals surface area (Å²) in [4.78, 5) is 84.3. The number of esters is 1. The number of carbonyl (C=O) groups excluding carboxylic acids is 5. The highest BCUT2D eigenvalue weighted by Crippen LogP contribution is 2.40. The Balaban J connectivity index is 1.49. The van der Waals surface area contributed by atoms with Gasteiger partial charge < -0.3 is 30.3 Å². The van der Waals surface area contributed by atoms with Crippen molar-refractivity contribution < 1.29 is 53.2 Å². The van der Waals surface area contributed by atoms with Crippen LogP contribution in [0.4, 0.5) is 4.79 Å². The number of carboxylic acid groups (broad SMARTS) is 2. The maximum Gasteiger partial charge on any atom is 0.413 e. The first kappa shape index (κ1) is 30.1. The maximum atomic E-state index is 12.7. The highest BCUT2D eigenvalue weighted by Gasteiger charge is 2.54. The number of benzene rings is 1. The Hall–Kier alpha value is -4.40. The second-order valence-electron chi connectivity index (χ2n) is 8.88.